The first-order valence-corrected chi connectivity index (χ1v) is 6.31. The summed E-state index contributed by atoms with van der Waals surface area (Å²) in [6, 6.07) is 0.616. The zero-order chi connectivity index (χ0) is 12.6. The maximum absolute atomic E-state index is 5.89. The molecule has 0 aliphatic carbocycles. The number of likely N-dealkylation sites (N-methyl/N-ethyl adjacent to an activating group) is 1. The molecule has 4 nitrogen and oxygen atoms in total. The van der Waals surface area contributed by atoms with Gasteiger partial charge in [-0.15, -0.1) is 24.0 Å². The molecule has 0 aromatic rings. The molecule has 0 aliphatic heterocycles. The summed E-state index contributed by atoms with van der Waals surface area (Å²) >= 11 is 0. The van der Waals surface area contributed by atoms with E-state index in [0.29, 0.717) is 12.0 Å². The number of rotatable bonds is 7. The molecule has 0 saturated carbocycles. The average Bonchev–Trinajstić information content (AvgIpc) is 2.29. The lowest BCUT2D eigenvalue weighted by molar-refractivity contribution is 0.259. The Balaban J connectivity index is 0. The molecule has 0 rings (SSSR count). The van der Waals surface area contributed by atoms with E-state index >= 15 is 0 Å². The van der Waals surface area contributed by atoms with Crippen LogP contribution in [0.4, 0.5) is 0 Å². The van der Waals surface area contributed by atoms with Gasteiger partial charge >= 0.3 is 0 Å². The summed E-state index contributed by atoms with van der Waals surface area (Å²) in [5.41, 5.74) is 5.89. The lowest BCUT2D eigenvalue weighted by atomic mass is 10.2. The molecule has 5 heteroatoms. The van der Waals surface area contributed by atoms with Crippen molar-refractivity contribution in [1.29, 1.82) is 0 Å². The van der Waals surface area contributed by atoms with Crippen molar-refractivity contribution in [3.63, 3.8) is 0 Å². The molecular weight excluding hydrogens is 327 g/mol. The second-order valence-corrected chi connectivity index (χ2v) is 4.15. The number of hydrogen-bond donors (Lipinski definition) is 1. The van der Waals surface area contributed by atoms with Crippen LogP contribution in [-0.4, -0.2) is 55.0 Å². The number of guanidine groups is 1. The van der Waals surface area contributed by atoms with Crippen molar-refractivity contribution < 1.29 is 0 Å². The fraction of sp³-hybridized carbons (Fsp3) is 0.917. The molecule has 0 amide bonds. The normalized spacial score (nSPS) is 13.4. The summed E-state index contributed by atoms with van der Waals surface area (Å²) in [5.74, 6) is 0.669. The summed E-state index contributed by atoms with van der Waals surface area (Å²) in [6.07, 6.45) is 1.17. The van der Waals surface area contributed by atoms with E-state index in [1.165, 1.54) is 6.42 Å². The number of nitrogens with zero attached hydrogens (tertiary/aromatic N) is 3. The van der Waals surface area contributed by atoms with Crippen LogP contribution in [0.1, 0.15) is 34.1 Å². The van der Waals surface area contributed by atoms with Crippen LogP contribution < -0.4 is 5.73 Å². The molecule has 1 atom stereocenters. The van der Waals surface area contributed by atoms with Gasteiger partial charge in [-0.25, -0.2) is 0 Å². The minimum atomic E-state index is 0. The van der Waals surface area contributed by atoms with Crippen molar-refractivity contribution in [2.75, 3.05) is 33.2 Å². The summed E-state index contributed by atoms with van der Waals surface area (Å²) < 4.78 is 0. The van der Waals surface area contributed by atoms with Gasteiger partial charge in [0.25, 0.3) is 0 Å². The molecule has 0 heterocycles. The first kappa shape index (κ1) is 19.3. The van der Waals surface area contributed by atoms with Gasteiger partial charge in [-0.1, -0.05) is 6.92 Å². The Bertz CT molecular complexity index is 205. The van der Waals surface area contributed by atoms with Gasteiger partial charge in [0, 0.05) is 25.7 Å². The maximum atomic E-state index is 5.89. The number of hydrogen-bond acceptors (Lipinski definition) is 2. The number of nitrogens with two attached hydrogens (primary N) is 1. The highest BCUT2D eigenvalue weighted by atomic mass is 127. The summed E-state index contributed by atoms with van der Waals surface area (Å²) in [7, 11) is 2.14. The number of aliphatic imine (C=N–C) groups is 1. The monoisotopic (exact) mass is 356 g/mol. The van der Waals surface area contributed by atoms with Crippen LogP contribution in [0.25, 0.3) is 0 Å². The van der Waals surface area contributed by atoms with E-state index in [2.05, 4.69) is 49.5 Å². The molecule has 0 spiro atoms. The van der Waals surface area contributed by atoms with Crippen molar-refractivity contribution in [3.8, 4) is 0 Å². The van der Waals surface area contributed by atoms with Gasteiger partial charge in [0.05, 0.1) is 6.54 Å². The first-order valence-electron chi connectivity index (χ1n) is 6.31. The fourth-order valence-electron chi connectivity index (χ4n) is 1.50. The summed E-state index contributed by atoms with van der Waals surface area (Å²) in [4.78, 5) is 8.79. The minimum Gasteiger partial charge on any atom is -0.370 e. The molecular formula is C12H29IN4. The molecule has 0 saturated heterocycles. The lowest BCUT2D eigenvalue weighted by Crippen LogP contribution is -2.38. The molecule has 17 heavy (non-hydrogen) atoms. The van der Waals surface area contributed by atoms with Crippen LogP contribution in [0.15, 0.2) is 4.99 Å². The molecule has 0 radical (unpaired) electrons. The van der Waals surface area contributed by atoms with Gasteiger partial charge in [0.1, 0.15) is 0 Å². The Morgan fingerprint density at radius 3 is 2.18 bits per heavy atom. The third kappa shape index (κ3) is 7.81. The third-order valence-electron chi connectivity index (χ3n) is 3.16. The molecule has 0 aromatic heterocycles. The van der Waals surface area contributed by atoms with Crippen LogP contribution >= 0.6 is 24.0 Å². The topological polar surface area (TPSA) is 44.9 Å². The van der Waals surface area contributed by atoms with E-state index in [-0.39, 0.29) is 24.0 Å². The molecule has 0 aliphatic rings. The Morgan fingerprint density at radius 1 is 1.24 bits per heavy atom. The van der Waals surface area contributed by atoms with Crippen molar-refractivity contribution in [2.45, 2.75) is 40.2 Å². The van der Waals surface area contributed by atoms with Crippen molar-refractivity contribution >= 4 is 29.9 Å². The third-order valence-corrected chi connectivity index (χ3v) is 3.16. The highest BCUT2D eigenvalue weighted by Gasteiger charge is 2.06. The molecule has 2 N–H and O–H groups in total. The van der Waals surface area contributed by atoms with E-state index in [0.717, 1.165) is 26.2 Å². The molecule has 104 valence electrons. The number of halogens is 1. The van der Waals surface area contributed by atoms with E-state index in [1.54, 1.807) is 0 Å². The van der Waals surface area contributed by atoms with Gasteiger partial charge in [-0.3, -0.25) is 4.99 Å². The van der Waals surface area contributed by atoms with Crippen LogP contribution in [-0.2, 0) is 0 Å². The Kier molecular flexibility index (Phi) is 12.6. The van der Waals surface area contributed by atoms with Crippen LogP contribution in [0, 0.1) is 0 Å². The lowest BCUT2D eigenvalue weighted by Gasteiger charge is -2.23. The van der Waals surface area contributed by atoms with E-state index in [4.69, 9.17) is 5.73 Å². The van der Waals surface area contributed by atoms with Crippen LogP contribution in [0.5, 0.6) is 0 Å². The van der Waals surface area contributed by atoms with Gasteiger partial charge in [0.2, 0.25) is 0 Å². The van der Waals surface area contributed by atoms with Gasteiger partial charge in [-0.2, -0.15) is 0 Å². The zero-order valence-electron chi connectivity index (χ0n) is 11.9. The van der Waals surface area contributed by atoms with Gasteiger partial charge in [0.15, 0.2) is 5.96 Å². The highest BCUT2D eigenvalue weighted by molar-refractivity contribution is 14.0. The highest BCUT2D eigenvalue weighted by Crippen LogP contribution is 1.99. The molecule has 0 fully saturated rings. The van der Waals surface area contributed by atoms with Crippen LogP contribution in [0.2, 0.25) is 0 Å². The quantitative estimate of drug-likeness (QED) is 0.431. The molecule has 0 aromatic carbocycles. The van der Waals surface area contributed by atoms with E-state index in [1.807, 2.05) is 0 Å². The molecule has 0 bridgehead atoms. The van der Waals surface area contributed by atoms with E-state index < -0.39 is 0 Å². The van der Waals surface area contributed by atoms with Gasteiger partial charge in [-0.05, 0) is 34.2 Å². The molecule has 1 unspecified atom stereocenters. The van der Waals surface area contributed by atoms with Crippen LogP contribution in [0.3, 0.4) is 0 Å². The second kappa shape index (κ2) is 11.1. The SMILES string of the molecule is CCC(C)N(C)CCN=C(N)N(CC)CC.I. The fourth-order valence-corrected chi connectivity index (χ4v) is 1.50. The van der Waals surface area contributed by atoms with Gasteiger partial charge < -0.3 is 15.5 Å². The Labute approximate surface area is 124 Å². The summed E-state index contributed by atoms with van der Waals surface area (Å²) in [6.45, 7) is 12.2. The predicted molar refractivity (Wildman–Crippen MR) is 87.2 cm³/mol. The largest absolute Gasteiger partial charge is 0.370 e. The second-order valence-electron chi connectivity index (χ2n) is 4.15. The van der Waals surface area contributed by atoms with Crippen molar-refractivity contribution in [1.82, 2.24) is 9.80 Å². The first-order chi connectivity index (χ1) is 7.56. The smallest absolute Gasteiger partial charge is 0.191 e. The maximum Gasteiger partial charge on any atom is 0.191 e. The summed E-state index contributed by atoms with van der Waals surface area (Å²) in [5, 5.41) is 0. The standard InChI is InChI=1S/C12H28N4.HI/c1-6-11(4)15(5)10-9-14-12(13)16(7-2)8-3;/h11H,6-10H2,1-5H3,(H2,13,14);1H. The zero-order valence-corrected chi connectivity index (χ0v) is 14.3. The Morgan fingerprint density at radius 2 is 1.76 bits per heavy atom. The van der Waals surface area contributed by atoms with Crippen molar-refractivity contribution in [2.24, 2.45) is 10.7 Å². The average molecular weight is 356 g/mol. The predicted octanol–water partition coefficient (Wildman–Crippen LogP) is 1.99. The minimum absolute atomic E-state index is 0. The van der Waals surface area contributed by atoms with E-state index in [9.17, 15) is 0 Å². The Hall–Kier alpha value is -0.0400. The van der Waals surface area contributed by atoms with Crippen molar-refractivity contribution in [3.05, 3.63) is 0 Å².